The zero-order valence-electron chi connectivity index (χ0n) is 18.3. The third-order valence-corrected chi connectivity index (χ3v) is 5.68. The van der Waals surface area contributed by atoms with Crippen molar-refractivity contribution in [3.05, 3.63) is 90.5 Å². The molecule has 0 bridgehead atoms. The number of imidazole rings is 1. The van der Waals surface area contributed by atoms with E-state index in [2.05, 4.69) is 20.1 Å². The van der Waals surface area contributed by atoms with Gasteiger partial charge in [-0.1, -0.05) is 18.2 Å². The van der Waals surface area contributed by atoms with Gasteiger partial charge in [0.25, 0.3) is 5.91 Å². The molecule has 3 heterocycles. The predicted octanol–water partition coefficient (Wildman–Crippen LogP) is 3.73. The van der Waals surface area contributed by atoms with Gasteiger partial charge < -0.3 is 14.5 Å². The van der Waals surface area contributed by atoms with Gasteiger partial charge in [-0.25, -0.2) is 4.98 Å². The average Bonchev–Trinajstić information content (AvgIpc) is 3.31. The quantitative estimate of drug-likeness (QED) is 0.471. The molecule has 0 atom stereocenters. The Morgan fingerprint density at radius 1 is 0.818 bits per heavy atom. The van der Waals surface area contributed by atoms with E-state index >= 15 is 0 Å². The first-order chi connectivity index (χ1) is 16.2. The smallest absolute Gasteiger partial charge is 0.253 e. The minimum Gasteiger partial charge on any atom is -0.457 e. The largest absolute Gasteiger partial charge is 0.457 e. The van der Waals surface area contributed by atoms with E-state index in [0.717, 1.165) is 23.2 Å². The van der Waals surface area contributed by atoms with Crippen LogP contribution in [0.4, 0.5) is 5.82 Å². The van der Waals surface area contributed by atoms with Crippen molar-refractivity contribution in [3.8, 4) is 17.3 Å². The van der Waals surface area contributed by atoms with E-state index in [9.17, 15) is 4.79 Å². The highest BCUT2D eigenvalue weighted by molar-refractivity contribution is 5.94. The first-order valence-corrected chi connectivity index (χ1v) is 10.9. The van der Waals surface area contributed by atoms with Crippen LogP contribution < -0.4 is 9.64 Å². The number of carbonyl (C=O) groups excluding carboxylic acids is 1. The molecule has 1 aliphatic heterocycles. The number of hydrogen-bond donors (Lipinski definition) is 0. The lowest BCUT2D eigenvalue weighted by molar-refractivity contribution is 0.0746. The molecule has 2 aromatic heterocycles. The highest BCUT2D eigenvalue weighted by Gasteiger charge is 2.23. The zero-order chi connectivity index (χ0) is 22.6. The molecule has 0 N–H and O–H groups in total. The van der Waals surface area contributed by atoms with Crippen LogP contribution >= 0.6 is 0 Å². The van der Waals surface area contributed by atoms with E-state index in [1.165, 1.54) is 0 Å². The molecule has 5 rings (SSSR count). The zero-order valence-corrected chi connectivity index (χ0v) is 18.3. The SMILES string of the molecule is Cc1nccn1-c1ccc(N2CCN(C(=O)c3ccc(Oc4ccccc4)cc3)CC2)nn1. The lowest BCUT2D eigenvalue weighted by Gasteiger charge is -2.35. The van der Waals surface area contributed by atoms with Crippen LogP contribution in [-0.4, -0.2) is 56.7 Å². The first kappa shape index (κ1) is 20.7. The first-order valence-electron chi connectivity index (χ1n) is 10.9. The number of aromatic nitrogens is 4. The fraction of sp³-hybridized carbons (Fsp3) is 0.200. The fourth-order valence-corrected chi connectivity index (χ4v) is 3.85. The van der Waals surface area contributed by atoms with E-state index in [1.807, 2.05) is 89.3 Å². The summed E-state index contributed by atoms with van der Waals surface area (Å²) in [7, 11) is 0. The summed E-state index contributed by atoms with van der Waals surface area (Å²) in [4.78, 5) is 21.2. The van der Waals surface area contributed by atoms with Crippen molar-refractivity contribution in [1.29, 1.82) is 0 Å². The lowest BCUT2D eigenvalue weighted by atomic mass is 10.1. The van der Waals surface area contributed by atoms with Crippen LogP contribution in [0.3, 0.4) is 0 Å². The van der Waals surface area contributed by atoms with E-state index in [0.29, 0.717) is 37.5 Å². The van der Waals surface area contributed by atoms with Gasteiger partial charge in [0.15, 0.2) is 11.6 Å². The second kappa shape index (κ2) is 9.12. The van der Waals surface area contributed by atoms with Crippen molar-refractivity contribution in [2.24, 2.45) is 0 Å². The summed E-state index contributed by atoms with van der Waals surface area (Å²) >= 11 is 0. The van der Waals surface area contributed by atoms with Gasteiger partial charge in [-0.15, -0.1) is 10.2 Å². The highest BCUT2D eigenvalue weighted by atomic mass is 16.5. The number of para-hydroxylation sites is 1. The minimum atomic E-state index is 0.0259. The van der Waals surface area contributed by atoms with E-state index in [4.69, 9.17) is 4.74 Å². The summed E-state index contributed by atoms with van der Waals surface area (Å²) in [5, 5.41) is 8.72. The highest BCUT2D eigenvalue weighted by Crippen LogP contribution is 2.22. The summed E-state index contributed by atoms with van der Waals surface area (Å²) in [6, 6.07) is 20.8. The predicted molar refractivity (Wildman–Crippen MR) is 125 cm³/mol. The topological polar surface area (TPSA) is 76.4 Å². The van der Waals surface area contributed by atoms with Gasteiger partial charge in [0.2, 0.25) is 0 Å². The maximum atomic E-state index is 13.0. The van der Waals surface area contributed by atoms with Crippen molar-refractivity contribution < 1.29 is 9.53 Å². The molecule has 0 radical (unpaired) electrons. The summed E-state index contributed by atoms with van der Waals surface area (Å²) in [6.45, 7) is 4.60. The molecular weight excluding hydrogens is 416 g/mol. The summed E-state index contributed by atoms with van der Waals surface area (Å²) in [5.41, 5.74) is 0.656. The Morgan fingerprint density at radius 2 is 1.48 bits per heavy atom. The van der Waals surface area contributed by atoms with Gasteiger partial charge in [-0.3, -0.25) is 9.36 Å². The Kier molecular flexibility index (Phi) is 5.72. The van der Waals surface area contributed by atoms with Crippen molar-refractivity contribution >= 4 is 11.7 Å². The molecule has 1 fully saturated rings. The Hall–Kier alpha value is -4.20. The molecule has 4 aromatic rings. The van der Waals surface area contributed by atoms with E-state index in [1.54, 1.807) is 6.20 Å². The molecule has 1 aliphatic rings. The molecular formula is C25H24N6O2. The Balaban J connectivity index is 1.18. The maximum absolute atomic E-state index is 13.0. The number of rotatable bonds is 5. The van der Waals surface area contributed by atoms with Gasteiger partial charge in [-0.2, -0.15) is 0 Å². The third-order valence-electron chi connectivity index (χ3n) is 5.68. The minimum absolute atomic E-state index is 0.0259. The van der Waals surface area contributed by atoms with Crippen molar-refractivity contribution in [3.63, 3.8) is 0 Å². The maximum Gasteiger partial charge on any atom is 0.253 e. The van der Waals surface area contributed by atoms with Crippen molar-refractivity contribution in [2.45, 2.75) is 6.92 Å². The number of benzene rings is 2. The van der Waals surface area contributed by atoms with Gasteiger partial charge in [0, 0.05) is 44.1 Å². The standard InChI is InChI=1S/C25H24N6O2/c1-19-26-13-14-31(19)24-12-11-23(27-28-24)29-15-17-30(18-16-29)25(32)20-7-9-22(10-8-20)33-21-5-3-2-4-6-21/h2-14H,15-18H2,1H3. The van der Waals surface area contributed by atoms with E-state index in [-0.39, 0.29) is 5.91 Å². The Labute approximate surface area is 192 Å². The summed E-state index contributed by atoms with van der Waals surface area (Å²) < 4.78 is 7.70. The number of amides is 1. The number of hydrogen-bond acceptors (Lipinski definition) is 6. The molecule has 8 heteroatoms. The average molecular weight is 441 g/mol. The van der Waals surface area contributed by atoms with Gasteiger partial charge in [0.1, 0.15) is 17.3 Å². The molecule has 0 spiro atoms. The molecule has 1 amide bonds. The lowest BCUT2D eigenvalue weighted by Crippen LogP contribution is -2.49. The normalized spacial score (nSPS) is 13.7. The fourth-order valence-electron chi connectivity index (χ4n) is 3.85. The van der Waals surface area contributed by atoms with Crippen molar-refractivity contribution in [2.75, 3.05) is 31.1 Å². The van der Waals surface area contributed by atoms with Crippen LogP contribution in [0.2, 0.25) is 0 Å². The molecule has 0 unspecified atom stereocenters. The van der Waals surface area contributed by atoms with Crippen LogP contribution in [-0.2, 0) is 0 Å². The number of carbonyl (C=O) groups is 1. The van der Waals surface area contributed by atoms with Gasteiger partial charge >= 0.3 is 0 Å². The van der Waals surface area contributed by atoms with Crippen LogP contribution in [0.5, 0.6) is 11.5 Å². The molecule has 8 nitrogen and oxygen atoms in total. The van der Waals surface area contributed by atoms with E-state index < -0.39 is 0 Å². The molecule has 0 aliphatic carbocycles. The van der Waals surface area contributed by atoms with Crippen LogP contribution in [0.25, 0.3) is 5.82 Å². The third kappa shape index (κ3) is 4.55. The summed E-state index contributed by atoms with van der Waals surface area (Å²) in [5.74, 6) is 3.91. The number of ether oxygens (including phenoxy) is 1. The van der Waals surface area contributed by atoms with Crippen LogP contribution in [0.1, 0.15) is 16.2 Å². The van der Waals surface area contributed by atoms with Gasteiger partial charge in [-0.05, 0) is 55.5 Å². The number of aryl methyl sites for hydroxylation is 1. The monoisotopic (exact) mass is 440 g/mol. The van der Waals surface area contributed by atoms with Crippen LogP contribution in [0, 0.1) is 6.92 Å². The van der Waals surface area contributed by atoms with Gasteiger partial charge in [0.05, 0.1) is 0 Å². The number of nitrogens with zero attached hydrogens (tertiary/aromatic N) is 6. The molecule has 33 heavy (non-hydrogen) atoms. The molecule has 166 valence electrons. The summed E-state index contributed by atoms with van der Waals surface area (Å²) in [6.07, 6.45) is 3.61. The second-order valence-electron chi connectivity index (χ2n) is 7.81. The van der Waals surface area contributed by atoms with Crippen LogP contribution in [0.15, 0.2) is 79.1 Å². The molecule has 1 saturated heterocycles. The second-order valence-corrected chi connectivity index (χ2v) is 7.81. The molecule has 0 saturated carbocycles. The van der Waals surface area contributed by atoms with Crippen molar-refractivity contribution in [1.82, 2.24) is 24.6 Å². The number of piperazine rings is 1. The molecule has 2 aromatic carbocycles. The Morgan fingerprint density at radius 3 is 2.12 bits per heavy atom. The number of anilines is 1. The Bertz CT molecular complexity index is 1210.